The van der Waals surface area contributed by atoms with E-state index in [2.05, 4.69) is 15.4 Å². The van der Waals surface area contributed by atoms with Gasteiger partial charge in [0.1, 0.15) is 4.90 Å². The fourth-order valence-corrected chi connectivity index (χ4v) is 5.10. The molecule has 10 heteroatoms. The van der Waals surface area contributed by atoms with Gasteiger partial charge in [-0.15, -0.1) is 0 Å². The number of rotatable bonds is 5. The highest BCUT2D eigenvalue weighted by atomic mass is 35.5. The van der Waals surface area contributed by atoms with Crippen LogP contribution in [0.25, 0.3) is 0 Å². The molecule has 0 saturated heterocycles. The Morgan fingerprint density at radius 3 is 2.50 bits per heavy atom. The number of anilines is 3. The number of hydrogen-bond donors (Lipinski definition) is 3. The first-order chi connectivity index (χ1) is 15.2. The number of carbonyl (C=O) groups excluding carboxylic acids is 2. The van der Waals surface area contributed by atoms with Crippen molar-refractivity contribution in [1.29, 1.82) is 0 Å². The van der Waals surface area contributed by atoms with E-state index in [1.54, 1.807) is 36.4 Å². The molecule has 164 valence electrons. The zero-order chi connectivity index (χ0) is 22.9. The van der Waals surface area contributed by atoms with Crippen molar-refractivity contribution in [2.75, 3.05) is 15.4 Å². The van der Waals surface area contributed by atoms with Gasteiger partial charge in [0.05, 0.1) is 15.7 Å². The van der Waals surface area contributed by atoms with Crippen LogP contribution in [0.2, 0.25) is 10.0 Å². The van der Waals surface area contributed by atoms with E-state index in [1.165, 1.54) is 24.3 Å². The number of amides is 2. The lowest BCUT2D eigenvalue weighted by molar-refractivity contribution is -0.116. The van der Waals surface area contributed by atoms with Crippen molar-refractivity contribution in [3.63, 3.8) is 0 Å². The smallest absolute Gasteiger partial charge is 0.263 e. The van der Waals surface area contributed by atoms with E-state index in [9.17, 15) is 18.0 Å². The molecule has 1 heterocycles. The molecule has 3 N–H and O–H groups in total. The molecule has 3 aromatic carbocycles. The van der Waals surface area contributed by atoms with Crippen LogP contribution in [-0.2, 0) is 21.2 Å². The highest BCUT2D eigenvalue weighted by Gasteiger charge is 2.21. The molecule has 1 aliphatic heterocycles. The van der Waals surface area contributed by atoms with Crippen molar-refractivity contribution in [2.24, 2.45) is 0 Å². The first kappa shape index (κ1) is 22.1. The van der Waals surface area contributed by atoms with Gasteiger partial charge in [0.15, 0.2) is 0 Å². The summed E-state index contributed by atoms with van der Waals surface area (Å²) in [5.41, 5.74) is 2.39. The molecular weight excluding hydrogens is 473 g/mol. The van der Waals surface area contributed by atoms with Crippen molar-refractivity contribution >= 4 is 62.1 Å². The third kappa shape index (κ3) is 4.72. The molecule has 32 heavy (non-hydrogen) atoms. The minimum absolute atomic E-state index is 0.00734. The van der Waals surface area contributed by atoms with Gasteiger partial charge in [-0.1, -0.05) is 35.3 Å². The summed E-state index contributed by atoms with van der Waals surface area (Å²) in [7, 11) is -4.06. The zero-order valence-electron chi connectivity index (χ0n) is 16.5. The molecule has 0 aromatic heterocycles. The van der Waals surface area contributed by atoms with Crippen molar-refractivity contribution in [1.82, 2.24) is 0 Å². The normalized spacial score (nSPS) is 13.1. The number of halogens is 2. The largest absolute Gasteiger partial charge is 0.326 e. The maximum absolute atomic E-state index is 12.9. The van der Waals surface area contributed by atoms with E-state index < -0.39 is 15.9 Å². The topological polar surface area (TPSA) is 104 Å². The minimum atomic E-state index is -4.06. The molecule has 4 rings (SSSR count). The second-order valence-corrected chi connectivity index (χ2v) is 9.57. The molecule has 0 spiro atoms. The second kappa shape index (κ2) is 8.82. The summed E-state index contributed by atoms with van der Waals surface area (Å²) >= 11 is 12.2. The van der Waals surface area contributed by atoms with E-state index in [0.717, 1.165) is 5.56 Å². The summed E-state index contributed by atoms with van der Waals surface area (Å²) in [4.78, 5) is 24.0. The first-order valence-electron chi connectivity index (χ1n) is 9.54. The lowest BCUT2D eigenvalue weighted by Gasteiger charge is -2.17. The Bertz CT molecular complexity index is 1340. The molecular formula is C22H17Cl2N3O4S. The number of sulfonamides is 1. The van der Waals surface area contributed by atoms with Gasteiger partial charge >= 0.3 is 0 Å². The summed E-state index contributed by atoms with van der Waals surface area (Å²) in [6.45, 7) is 0. The maximum atomic E-state index is 12.9. The number of fused-ring (bicyclic) bond motifs is 1. The maximum Gasteiger partial charge on any atom is 0.263 e. The fourth-order valence-electron chi connectivity index (χ4n) is 3.26. The summed E-state index contributed by atoms with van der Waals surface area (Å²) in [6.07, 6.45) is 0.897. The quantitative estimate of drug-likeness (QED) is 0.472. The van der Waals surface area contributed by atoms with Gasteiger partial charge in [-0.05, 0) is 60.5 Å². The highest BCUT2D eigenvalue weighted by molar-refractivity contribution is 7.92. The van der Waals surface area contributed by atoms with Gasteiger partial charge in [0, 0.05) is 23.4 Å². The molecule has 0 aliphatic carbocycles. The Labute approximate surface area is 194 Å². The van der Waals surface area contributed by atoms with E-state index in [-0.39, 0.29) is 32.2 Å². The lowest BCUT2D eigenvalue weighted by atomic mass is 10.00. The molecule has 7 nitrogen and oxygen atoms in total. The van der Waals surface area contributed by atoms with E-state index in [4.69, 9.17) is 23.2 Å². The van der Waals surface area contributed by atoms with Crippen LogP contribution in [0.15, 0.2) is 65.6 Å². The van der Waals surface area contributed by atoms with Gasteiger partial charge in [-0.3, -0.25) is 14.3 Å². The van der Waals surface area contributed by atoms with Crippen LogP contribution >= 0.6 is 23.2 Å². The van der Waals surface area contributed by atoms with Gasteiger partial charge < -0.3 is 10.6 Å². The van der Waals surface area contributed by atoms with Gasteiger partial charge in [0.25, 0.3) is 15.9 Å². The molecule has 3 aromatic rings. The predicted octanol–water partition coefficient (Wildman–Crippen LogP) is 4.93. The third-order valence-electron chi connectivity index (χ3n) is 4.86. The third-order valence-corrected chi connectivity index (χ3v) is 7.04. The van der Waals surface area contributed by atoms with Crippen LogP contribution in [0.4, 0.5) is 17.1 Å². The molecule has 0 bridgehead atoms. The first-order valence-corrected chi connectivity index (χ1v) is 11.8. The van der Waals surface area contributed by atoms with Crippen LogP contribution in [0.1, 0.15) is 22.3 Å². The Hall–Kier alpha value is -3.07. The van der Waals surface area contributed by atoms with Crippen LogP contribution in [0, 0.1) is 0 Å². The Balaban J connectivity index is 1.57. The van der Waals surface area contributed by atoms with Crippen LogP contribution in [-0.4, -0.2) is 20.2 Å². The van der Waals surface area contributed by atoms with Gasteiger partial charge in [-0.25, -0.2) is 8.42 Å². The summed E-state index contributed by atoms with van der Waals surface area (Å²) in [5, 5.41) is 5.68. The number of hydrogen-bond acceptors (Lipinski definition) is 4. The summed E-state index contributed by atoms with van der Waals surface area (Å²) < 4.78 is 28.1. The fraction of sp³-hybridized carbons (Fsp3) is 0.0909. The molecule has 1 aliphatic rings. The molecule has 0 fully saturated rings. The van der Waals surface area contributed by atoms with Crippen molar-refractivity contribution in [2.45, 2.75) is 17.7 Å². The summed E-state index contributed by atoms with van der Waals surface area (Å²) in [6, 6.07) is 15.5. The van der Waals surface area contributed by atoms with Gasteiger partial charge in [0.2, 0.25) is 5.91 Å². The van der Waals surface area contributed by atoms with Crippen molar-refractivity contribution in [3.05, 3.63) is 81.8 Å². The average molecular weight is 490 g/mol. The second-order valence-electron chi connectivity index (χ2n) is 7.10. The molecule has 0 saturated carbocycles. The number of benzene rings is 3. The van der Waals surface area contributed by atoms with Crippen molar-refractivity contribution in [3.8, 4) is 0 Å². The molecule has 0 atom stereocenters. The highest BCUT2D eigenvalue weighted by Crippen LogP contribution is 2.30. The van der Waals surface area contributed by atoms with Crippen molar-refractivity contribution < 1.29 is 18.0 Å². The summed E-state index contributed by atoms with van der Waals surface area (Å²) in [5.74, 6) is -0.482. The number of para-hydroxylation sites is 1. The molecule has 0 radical (unpaired) electrons. The standard InChI is InChI=1S/C22H17Cl2N3O4S/c23-16-3-1-2-4-19(16)27-32(30,31)20-12-15(7-8-17(20)24)25-22(29)14-5-9-18-13(11-14)6-10-21(28)26-18/h1-5,7-9,11-12,27H,6,10H2,(H,25,29)(H,26,28). The van der Waals surface area contributed by atoms with Gasteiger partial charge in [-0.2, -0.15) is 0 Å². The van der Waals surface area contributed by atoms with E-state index in [1.807, 2.05) is 0 Å². The van der Waals surface area contributed by atoms with Crippen LogP contribution in [0.5, 0.6) is 0 Å². The number of carbonyl (C=O) groups is 2. The molecule has 0 unspecified atom stereocenters. The average Bonchev–Trinajstić information content (AvgIpc) is 2.76. The zero-order valence-corrected chi connectivity index (χ0v) is 18.8. The van der Waals surface area contributed by atoms with E-state index in [0.29, 0.717) is 24.1 Å². The SMILES string of the molecule is O=C1CCc2cc(C(=O)Nc3ccc(Cl)c(S(=O)(=O)Nc4ccccc4Cl)c3)ccc2N1. The number of nitrogens with one attached hydrogen (secondary N) is 3. The van der Waals surface area contributed by atoms with Crippen LogP contribution < -0.4 is 15.4 Å². The lowest BCUT2D eigenvalue weighted by Crippen LogP contribution is -2.20. The Morgan fingerprint density at radius 2 is 1.72 bits per heavy atom. The predicted molar refractivity (Wildman–Crippen MR) is 125 cm³/mol. The molecule has 2 amide bonds. The number of aryl methyl sites for hydroxylation is 1. The van der Waals surface area contributed by atoms with Crippen LogP contribution in [0.3, 0.4) is 0 Å². The Kier molecular flexibility index (Phi) is 6.10. The Morgan fingerprint density at radius 1 is 0.938 bits per heavy atom. The van der Waals surface area contributed by atoms with E-state index >= 15 is 0 Å². The minimum Gasteiger partial charge on any atom is -0.326 e. The monoisotopic (exact) mass is 489 g/mol.